The Labute approximate surface area is 487 Å². The number of aromatic amines is 1. The number of hydrogen-bond acceptors (Lipinski definition) is 9. The first kappa shape index (κ1) is 62.3. The lowest BCUT2D eigenvalue weighted by Gasteiger charge is -2.18. The molecule has 11 nitrogen and oxygen atoms in total. The fraction of sp³-hybridized carbons (Fsp3) is 0.190. The van der Waals surface area contributed by atoms with E-state index >= 15 is 0 Å². The third-order valence-corrected chi connectivity index (χ3v) is 14.1. The number of aldehydes is 1. The topological polar surface area (TPSA) is 191 Å². The number of aliphatic hydroxyl groups is 1. The van der Waals surface area contributed by atoms with Crippen molar-refractivity contribution < 1.29 is 38.9 Å². The fourth-order valence-electron chi connectivity index (χ4n) is 8.70. The smallest absolute Gasteiger partial charge is 0.300 e. The number of nitrogens with one attached hydrogen (secondary N) is 1. The molecule has 404 valence electrons. The van der Waals surface area contributed by atoms with Gasteiger partial charge in [-0.3, -0.25) is 19.2 Å². The molecule has 0 unspecified atom stereocenters. The number of ketones is 2. The summed E-state index contributed by atoms with van der Waals surface area (Å²) in [7, 11) is 0. The molecule has 1 aliphatic carbocycles. The summed E-state index contributed by atoms with van der Waals surface area (Å²) in [6.07, 6.45) is 5.08. The molecule has 0 saturated carbocycles. The molecular formula is C63H61Br4N3O8. The minimum absolute atomic E-state index is 0. The van der Waals surface area contributed by atoms with Crippen LogP contribution < -0.4 is 15.6 Å². The summed E-state index contributed by atoms with van der Waals surface area (Å²) in [5.74, 6) is 0.648. The first-order valence-corrected chi connectivity index (χ1v) is 27.8. The van der Waals surface area contributed by atoms with Crippen LogP contribution in [0.25, 0.3) is 76.6 Å². The van der Waals surface area contributed by atoms with Crippen LogP contribution in [0, 0.1) is 0 Å². The number of carbonyl (C=O) groups excluding carboxylic acids is 3. The maximum atomic E-state index is 12.1. The molecule has 0 bridgehead atoms. The standard InChI is InChI=1S/C29H22Br2N2O.C15H16O2.C14H6Br2O2.C2H4O2.C2H6O.CH4.H3N/c1-2-3-14-34-25-13-8-17-6-4-5-7-20(17)26(25)29-32-27-23-15-18(30)9-11-21(23)22-12-10-19(31)16-24(22)28(27)33-29;1-2-3-10-17-15-9-8-12-6-4-5-7-13(12)14(15)11-16;15-7-1-3-9-10-4-2-8(16)6-12(10)14(18)13(17)11(9)5-7;1-2(3)4;1-2-3;;/h4-13,15-16H,2-3,14H2,1H3,(H,32,33);4-9,11H,2-3,10H2,1H3;1-6H;1H3,(H,3,4);3H,2H2,1H3;1H4;1H3. The van der Waals surface area contributed by atoms with Crippen molar-refractivity contribution in [3.8, 4) is 34.0 Å². The molecule has 0 radical (unpaired) electrons. The zero-order valence-electron chi connectivity index (χ0n) is 42.9. The molecule has 0 saturated heterocycles. The Hall–Kier alpha value is -6.59. The van der Waals surface area contributed by atoms with Crippen molar-refractivity contribution in [1.82, 2.24) is 16.1 Å². The zero-order chi connectivity index (χ0) is 54.5. The van der Waals surface area contributed by atoms with Crippen LogP contribution in [0.3, 0.4) is 0 Å². The van der Waals surface area contributed by atoms with Crippen LogP contribution in [0.4, 0.5) is 0 Å². The third kappa shape index (κ3) is 14.6. The summed E-state index contributed by atoms with van der Waals surface area (Å²) in [6.45, 7) is 8.66. The second-order valence-electron chi connectivity index (χ2n) is 17.4. The van der Waals surface area contributed by atoms with E-state index in [0.29, 0.717) is 35.7 Å². The molecule has 78 heavy (non-hydrogen) atoms. The SMILES string of the molecule is C.CC(=O)O.CCCCOc1ccc2ccccc2c1-c1nc2c3cc(Br)ccc3c3ccc(Br)cc3c2[nH]1.CCCCOc1ccc2ccccc2c1C=O.CCO.N.O=C1C(=O)c2cc(Br)ccc2-c2ccc(Br)cc21. The summed E-state index contributed by atoms with van der Waals surface area (Å²) in [6, 6.07) is 48.0. The van der Waals surface area contributed by atoms with Gasteiger partial charge in [0.2, 0.25) is 11.6 Å². The molecular weight excluding hydrogens is 1250 g/mol. The van der Waals surface area contributed by atoms with Gasteiger partial charge in [0.25, 0.3) is 5.97 Å². The molecule has 6 N–H and O–H groups in total. The normalized spacial score (nSPS) is 11.0. The Morgan fingerprint density at radius 3 is 1.54 bits per heavy atom. The molecule has 1 aromatic heterocycles. The van der Waals surface area contributed by atoms with Crippen LogP contribution in [0.2, 0.25) is 0 Å². The third-order valence-electron chi connectivity index (χ3n) is 12.1. The van der Waals surface area contributed by atoms with E-state index in [0.717, 1.165) is 123 Å². The van der Waals surface area contributed by atoms with E-state index in [9.17, 15) is 14.4 Å². The van der Waals surface area contributed by atoms with Gasteiger partial charge in [-0.25, -0.2) is 4.98 Å². The summed E-state index contributed by atoms with van der Waals surface area (Å²) in [5, 5.41) is 24.0. The number of hydrogen-bond donors (Lipinski definition) is 4. The van der Waals surface area contributed by atoms with Crippen molar-refractivity contribution >= 4 is 142 Å². The molecule has 0 amide bonds. The van der Waals surface area contributed by atoms with Crippen molar-refractivity contribution in [3.05, 3.63) is 180 Å². The number of ether oxygens (including phenoxy) is 2. The molecule has 1 aliphatic rings. The highest BCUT2D eigenvalue weighted by Gasteiger charge is 2.30. The maximum Gasteiger partial charge on any atom is 0.300 e. The Morgan fingerprint density at radius 2 is 1.01 bits per heavy atom. The Bertz CT molecular complexity index is 3620. The van der Waals surface area contributed by atoms with Gasteiger partial charge in [0, 0.05) is 53.3 Å². The van der Waals surface area contributed by atoms with Gasteiger partial charge in [-0.15, -0.1) is 0 Å². The summed E-state index contributed by atoms with van der Waals surface area (Å²) in [4.78, 5) is 53.2. The number of carboxylic acid groups (broad SMARTS) is 1. The van der Waals surface area contributed by atoms with Gasteiger partial charge in [-0.05, 0) is 124 Å². The molecule has 0 fully saturated rings. The molecule has 0 atom stereocenters. The number of aliphatic carboxylic acids is 1. The predicted molar refractivity (Wildman–Crippen MR) is 333 cm³/mol. The Morgan fingerprint density at radius 1 is 0.577 bits per heavy atom. The molecule has 9 aromatic carbocycles. The summed E-state index contributed by atoms with van der Waals surface area (Å²) >= 11 is 14.0. The van der Waals surface area contributed by atoms with Gasteiger partial charge in [-0.2, -0.15) is 0 Å². The number of Topliss-reactive ketones (excluding diaryl/α,β-unsaturated/α-hetero) is 2. The number of H-pyrrole nitrogens is 1. The minimum Gasteiger partial charge on any atom is -0.493 e. The minimum atomic E-state index is -0.833. The molecule has 0 spiro atoms. The van der Waals surface area contributed by atoms with Crippen LogP contribution in [0.1, 0.15) is 91.9 Å². The van der Waals surface area contributed by atoms with Gasteiger partial charge >= 0.3 is 0 Å². The van der Waals surface area contributed by atoms with Crippen LogP contribution in [0.5, 0.6) is 11.5 Å². The van der Waals surface area contributed by atoms with E-state index in [2.05, 4.69) is 155 Å². The van der Waals surface area contributed by atoms with Gasteiger partial charge in [-0.1, -0.05) is 183 Å². The van der Waals surface area contributed by atoms with E-state index < -0.39 is 17.5 Å². The highest BCUT2D eigenvalue weighted by Crippen LogP contribution is 2.42. The monoisotopic (exact) mass is 1300 g/mol. The number of aromatic nitrogens is 2. The molecule has 0 aliphatic heterocycles. The number of fused-ring (bicyclic) bond motifs is 11. The van der Waals surface area contributed by atoms with Crippen molar-refractivity contribution in [2.45, 2.75) is 60.8 Å². The van der Waals surface area contributed by atoms with Crippen molar-refractivity contribution in [2.75, 3.05) is 19.8 Å². The first-order chi connectivity index (χ1) is 36.7. The summed E-state index contributed by atoms with van der Waals surface area (Å²) in [5.41, 5.74) is 6.20. The first-order valence-electron chi connectivity index (χ1n) is 24.7. The van der Waals surface area contributed by atoms with Crippen molar-refractivity contribution in [1.29, 1.82) is 0 Å². The largest absolute Gasteiger partial charge is 0.493 e. The van der Waals surface area contributed by atoms with Gasteiger partial charge < -0.3 is 30.8 Å². The van der Waals surface area contributed by atoms with E-state index in [1.54, 1.807) is 19.1 Å². The van der Waals surface area contributed by atoms with E-state index in [-0.39, 0.29) is 20.2 Å². The lowest BCUT2D eigenvalue weighted by Crippen LogP contribution is -2.21. The average molecular weight is 1310 g/mol. The number of nitrogens with zero attached hydrogens (tertiary/aromatic N) is 1. The van der Waals surface area contributed by atoms with Crippen molar-refractivity contribution in [3.63, 3.8) is 0 Å². The van der Waals surface area contributed by atoms with E-state index in [4.69, 9.17) is 29.5 Å². The lowest BCUT2D eigenvalue weighted by atomic mass is 9.84. The number of aliphatic hydroxyl groups excluding tert-OH is 1. The fourth-order valence-corrected chi connectivity index (χ4v) is 10.1. The number of rotatable bonds is 10. The van der Waals surface area contributed by atoms with Crippen LogP contribution >= 0.6 is 63.7 Å². The van der Waals surface area contributed by atoms with Gasteiger partial charge in [0.1, 0.15) is 17.3 Å². The van der Waals surface area contributed by atoms with Crippen molar-refractivity contribution in [2.24, 2.45) is 0 Å². The second-order valence-corrected chi connectivity index (χ2v) is 21.1. The number of carboxylic acids is 1. The van der Waals surface area contributed by atoms with Crippen LogP contribution in [0.15, 0.2) is 163 Å². The number of unbranched alkanes of at least 4 members (excludes halogenated alkanes) is 2. The number of carbonyl (C=O) groups is 4. The lowest BCUT2D eigenvalue weighted by molar-refractivity contribution is -0.134. The van der Waals surface area contributed by atoms with E-state index in [1.807, 2.05) is 60.7 Å². The average Bonchev–Trinajstić information content (AvgIpc) is 3.96. The highest BCUT2D eigenvalue weighted by molar-refractivity contribution is 9.11. The molecule has 1 heterocycles. The zero-order valence-corrected chi connectivity index (χ0v) is 49.2. The number of imidazole rings is 1. The Kier molecular flexibility index (Phi) is 23.5. The summed E-state index contributed by atoms with van der Waals surface area (Å²) < 4.78 is 15.6. The van der Waals surface area contributed by atoms with Gasteiger partial charge in [0.05, 0.1) is 35.4 Å². The second kappa shape index (κ2) is 29.4. The maximum absolute atomic E-state index is 12.1. The van der Waals surface area contributed by atoms with E-state index in [1.165, 1.54) is 16.2 Å². The number of benzene rings is 9. The predicted octanol–water partition coefficient (Wildman–Crippen LogP) is 18.4. The quantitative estimate of drug-likeness (QED) is 0.0443. The van der Waals surface area contributed by atoms with Crippen LogP contribution in [-0.4, -0.2) is 63.8 Å². The molecule has 11 rings (SSSR count). The Balaban J connectivity index is 0.000000216. The van der Waals surface area contributed by atoms with Gasteiger partial charge in [0.15, 0.2) is 6.29 Å². The number of halogens is 4. The van der Waals surface area contributed by atoms with Crippen LogP contribution in [-0.2, 0) is 4.79 Å². The highest BCUT2D eigenvalue weighted by atomic mass is 79.9. The molecule has 10 aromatic rings. The molecule has 15 heteroatoms.